The highest BCUT2D eigenvalue weighted by Gasteiger charge is 2.60. The summed E-state index contributed by atoms with van der Waals surface area (Å²) >= 11 is 0.194. The minimum absolute atomic E-state index is 0.0979. The van der Waals surface area contributed by atoms with E-state index in [4.69, 9.17) is 4.74 Å². The van der Waals surface area contributed by atoms with Crippen molar-refractivity contribution < 1.29 is 26.7 Å². The molecule has 0 aliphatic heterocycles. The van der Waals surface area contributed by atoms with E-state index >= 15 is 0 Å². The van der Waals surface area contributed by atoms with Crippen molar-refractivity contribution in [2.75, 3.05) is 0 Å². The molecule has 1 N–H and O–H groups in total. The molecule has 1 aliphatic rings. The first-order valence-electron chi connectivity index (χ1n) is 9.87. The molecule has 0 saturated heterocycles. The molecule has 1 saturated carbocycles. The zero-order chi connectivity index (χ0) is 23.4. The van der Waals surface area contributed by atoms with Gasteiger partial charge in [0.15, 0.2) is 5.01 Å². The Bertz CT molecular complexity index is 1390. The first-order valence-corrected chi connectivity index (χ1v) is 10.7. The van der Waals surface area contributed by atoms with Gasteiger partial charge in [0.25, 0.3) is 5.56 Å². The molecule has 1 fully saturated rings. The Balaban J connectivity index is 1.31. The number of ether oxygens (including phenoxy) is 1. The van der Waals surface area contributed by atoms with E-state index < -0.39 is 22.7 Å². The second kappa shape index (κ2) is 7.65. The van der Waals surface area contributed by atoms with Gasteiger partial charge in [-0.2, -0.15) is 22.0 Å². The summed E-state index contributed by atoms with van der Waals surface area (Å²) in [5.41, 5.74) is 1.74. The minimum atomic E-state index is -5.73. The highest BCUT2D eigenvalue weighted by atomic mass is 32.1. The molecular formula is C21H15F5N4O2S. The van der Waals surface area contributed by atoms with Crippen LogP contribution in [0, 0.1) is 0 Å². The second-order valence-electron chi connectivity index (χ2n) is 7.67. The van der Waals surface area contributed by atoms with Gasteiger partial charge in [0.1, 0.15) is 18.2 Å². The number of H-pyrrole nitrogens is 1. The van der Waals surface area contributed by atoms with E-state index in [1.165, 1.54) is 22.9 Å². The van der Waals surface area contributed by atoms with Crippen LogP contribution >= 0.6 is 11.3 Å². The molecule has 0 amide bonds. The Labute approximate surface area is 186 Å². The summed E-state index contributed by atoms with van der Waals surface area (Å²) in [6.45, 7) is -0.363. The van der Waals surface area contributed by atoms with Crippen molar-refractivity contribution in [2.24, 2.45) is 0 Å². The monoisotopic (exact) mass is 482 g/mol. The zero-order valence-electron chi connectivity index (χ0n) is 16.7. The van der Waals surface area contributed by atoms with Crippen LogP contribution in [0.1, 0.15) is 35.3 Å². The van der Waals surface area contributed by atoms with Crippen LogP contribution in [-0.2, 0) is 12.5 Å². The number of thiazole rings is 1. The molecule has 0 spiro atoms. The maximum Gasteiger partial charge on any atom is 0.460 e. The highest BCUT2D eigenvalue weighted by molar-refractivity contribution is 7.09. The van der Waals surface area contributed by atoms with Crippen LogP contribution in [0.3, 0.4) is 0 Å². The van der Waals surface area contributed by atoms with E-state index in [0.29, 0.717) is 11.6 Å². The molecule has 1 aliphatic carbocycles. The summed E-state index contributed by atoms with van der Waals surface area (Å²) in [4.78, 5) is 23.7. The van der Waals surface area contributed by atoms with Crippen LogP contribution in [-0.4, -0.2) is 25.7 Å². The minimum Gasteiger partial charge on any atom is -0.487 e. The molecule has 1 aromatic carbocycles. The molecule has 0 radical (unpaired) electrons. The van der Waals surface area contributed by atoms with Gasteiger partial charge in [0.05, 0.1) is 22.4 Å². The third kappa shape index (κ3) is 4.10. The summed E-state index contributed by atoms with van der Waals surface area (Å²) < 4.78 is 70.9. The second-order valence-corrected chi connectivity index (χ2v) is 8.53. The fourth-order valence-corrected chi connectivity index (χ4v) is 4.08. The number of aromatic amines is 1. The molecule has 3 aromatic heterocycles. The van der Waals surface area contributed by atoms with Gasteiger partial charge in [-0.3, -0.25) is 9.36 Å². The maximum absolute atomic E-state index is 13.4. The Kier molecular flexibility index (Phi) is 5.00. The molecular weight excluding hydrogens is 467 g/mol. The predicted octanol–water partition coefficient (Wildman–Crippen LogP) is 5.28. The maximum atomic E-state index is 13.4. The Morgan fingerprint density at radius 2 is 1.91 bits per heavy atom. The first kappa shape index (κ1) is 21.6. The molecule has 6 nitrogen and oxygen atoms in total. The van der Waals surface area contributed by atoms with E-state index in [-0.39, 0.29) is 29.4 Å². The van der Waals surface area contributed by atoms with E-state index in [9.17, 15) is 26.7 Å². The molecule has 12 heteroatoms. The van der Waals surface area contributed by atoms with Crippen molar-refractivity contribution in [1.29, 1.82) is 0 Å². The van der Waals surface area contributed by atoms with Crippen LogP contribution < -0.4 is 10.3 Å². The van der Waals surface area contributed by atoms with E-state index in [1.54, 1.807) is 6.07 Å². The number of hydrogen-bond donors (Lipinski definition) is 1. The van der Waals surface area contributed by atoms with E-state index in [1.807, 2.05) is 12.1 Å². The smallest absolute Gasteiger partial charge is 0.460 e. The Morgan fingerprint density at radius 3 is 2.61 bits per heavy atom. The average Bonchev–Trinajstić information content (AvgIpc) is 3.33. The largest absolute Gasteiger partial charge is 0.487 e. The third-order valence-corrected chi connectivity index (χ3v) is 6.14. The number of fused-ring (bicyclic) bond motifs is 1. The normalized spacial score (nSPS) is 14.7. The van der Waals surface area contributed by atoms with Gasteiger partial charge >= 0.3 is 12.1 Å². The molecule has 172 valence electrons. The average molecular weight is 482 g/mol. The predicted molar refractivity (Wildman–Crippen MR) is 110 cm³/mol. The topological polar surface area (TPSA) is 72.8 Å². The van der Waals surface area contributed by atoms with Crippen molar-refractivity contribution in [3.63, 3.8) is 0 Å². The van der Waals surface area contributed by atoms with Crippen molar-refractivity contribution in [1.82, 2.24) is 19.5 Å². The number of halogens is 5. The highest BCUT2D eigenvalue weighted by Crippen LogP contribution is 2.45. The fraction of sp³-hybridized carbons (Fsp3) is 0.286. The summed E-state index contributed by atoms with van der Waals surface area (Å²) in [5, 5.41) is -0.297. The summed E-state index contributed by atoms with van der Waals surface area (Å²) in [7, 11) is 0. The van der Waals surface area contributed by atoms with Gasteiger partial charge in [0, 0.05) is 23.6 Å². The van der Waals surface area contributed by atoms with Crippen LogP contribution in [0.4, 0.5) is 22.0 Å². The molecule has 5 rings (SSSR count). The van der Waals surface area contributed by atoms with E-state index in [0.717, 1.165) is 35.1 Å². The first-order chi connectivity index (χ1) is 15.6. The molecule has 0 unspecified atom stereocenters. The lowest BCUT2D eigenvalue weighted by Gasteiger charge is -2.16. The van der Waals surface area contributed by atoms with Gasteiger partial charge in [-0.05, 0) is 37.1 Å². The van der Waals surface area contributed by atoms with Gasteiger partial charge in [-0.15, -0.1) is 11.3 Å². The molecule has 0 bridgehead atoms. The van der Waals surface area contributed by atoms with Crippen LogP contribution in [0.5, 0.6) is 5.75 Å². The number of aromatic nitrogens is 4. The van der Waals surface area contributed by atoms with Crippen LogP contribution in [0.2, 0.25) is 0 Å². The molecule has 0 atom stereocenters. The van der Waals surface area contributed by atoms with Gasteiger partial charge < -0.3 is 9.72 Å². The fourth-order valence-electron chi connectivity index (χ4n) is 3.28. The summed E-state index contributed by atoms with van der Waals surface area (Å²) in [5.74, 6) is -3.50. The number of pyridine rings is 1. The van der Waals surface area contributed by atoms with Gasteiger partial charge in [-0.25, -0.2) is 9.97 Å². The lowest BCUT2D eigenvalue weighted by Crippen LogP contribution is -2.33. The number of imidazole rings is 1. The number of rotatable bonds is 6. The van der Waals surface area contributed by atoms with Crippen LogP contribution in [0.15, 0.2) is 46.7 Å². The number of hydrogen-bond acceptors (Lipinski definition) is 5. The summed E-state index contributed by atoms with van der Waals surface area (Å²) in [6, 6.07) is 8.09. The summed E-state index contributed by atoms with van der Waals surface area (Å²) in [6.07, 6.45) is -2.02. The van der Waals surface area contributed by atoms with Gasteiger partial charge in [0.2, 0.25) is 0 Å². The number of alkyl halides is 5. The third-order valence-electron chi connectivity index (χ3n) is 5.18. The SMILES string of the molecule is O=c1cc(OCc2csc(C(F)(F)C(F)(F)F)n2)ccn1-c1ccc2nc(C3CC3)[nH]c2c1. The van der Waals surface area contributed by atoms with Crippen molar-refractivity contribution in [3.05, 3.63) is 68.8 Å². The lowest BCUT2D eigenvalue weighted by atomic mass is 10.2. The lowest BCUT2D eigenvalue weighted by molar-refractivity contribution is -0.289. The Hall–Kier alpha value is -3.28. The zero-order valence-corrected chi connectivity index (χ0v) is 17.5. The van der Waals surface area contributed by atoms with Crippen molar-refractivity contribution in [3.8, 4) is 11.4 Å². The molecule has 4 aromatic rings. The van der Waals surface area contributed by atoms with Crippen LogP contribution in [0.25, 0.3) is 16.7 Å². The standard InChI is InChI=1S/C21H15F5N4O2S/c22-20(23,21(24,25)26)19-27-12(10-33-19)9-32-14-5-6-30(17(31)8-14)13-3-4-15-16(7-13)29-18(28-15)11-1-2-11/h3-8,10-11H,1-2,9H2,(H,28,29). The van der Waals surface area contributed by atoms with Crippen molar-refractivity contribution >= 4 is 22.4 Å². The Morgan fingerprint density at radius 1 is 1.12 bits per heavy atom. The number of nitrogens with zero attached hydrogens (tertiary/aromatic N) is 3. The van der Waals surface area contributed by atoms with Crippen molar-refractivity contribution in [2.45, 2.75) is 37.5 Å². The van der Waals surface area contributed by atoms with Gasteiger partial charge in [-0.1, -0.05) is 0 Å². The molecule has 3 heterocycles. The number of nitrogens with one attached hydrogen (secondary N) is 1. The van der Waals surface area contributed by atoms with E-state index in [2.05, 4.69) is 15.0 Å². The molecule has 33 heavy (non-hydrogen) atoms. The number of benzene rings is 1. The quantitative estimate of drug-likeness (QED) is 0.380.